The molecule has 0 fully saturated rings. The first kappa shape index (κ1) is 15.3. The summed E-state index contributed by atoms with van der Waals surface area (Å²) in [6.07, 6.45) is 2.00. The van der Waals surface area contributed by atoms with Crippen molar-refractivity contribution in [3.8, 4) is 11.5 Å². The third-order valence-corrected chi connectivity index (χ3v) is 3.56. The Bertz CT molecular complexity index is 626. The molecule has 0 bridgehead atoms. The number of anilines is 1. The standard InChI is InChI=1S/C16H17NO3S/c1-3-19-16(18)13-5-4-6-14(17)15(13)20-11-7-9-12(21-2)10-8-11/h4-10H,3,17H2,1-2H3. The van der Waals surface area contributed by atoms with Gasteiger partial charge in [-0.3, -0.25) is 0 Å². The summed E-state index contributed by atoms with van der Waals surface area (Å²) in [5, 5.41) is 0. The fraction of sp³-hybridized carbons (Fsp3) is 0.188. The van der Waals surface area contributed by atoms with E-state index in [1.165, 1.54) is 0 Å². The minimum Gasteiger partial charge on any atom is -0.462 e. The van der Waals surface area contributed by atoms with Crippen LogP contribution < -0.4 is 10.5 Å². The summed E-state index contributed by atoms with van der Waals surface area (Å²) < 4.78 is 10.8. The van der Waals surface area contributed by atoms with Crippen LogP contribution in [-0.2, 0) is 4.74 Å². The SMILES string of the molecule is CCOC(=O)c1cccc(N)c1Oc1ccc(SC)cc1. The van der Waals surface area contributed by atoms with E-state index < -0.39 is 5.97 Å². The maximum absolute atomic E-state index is 11.9. The third-order valence-electron chi connectivity index (χ3n) is 2.82. The van der Waals surface area contributed by atoms with Gasteiger partial charge in [-0.25, -0.2) is 4.79 Å². The topological polar surface area (TPSA) is 61.5 Å². The van der Waals surface area contributed by atoms with Gasteiger partial charge in [0.1, 0.15) is 11.3 Å². The number of benzene rings is 2. The van der Waals surface area contributed by atoms with Crippen LogP contribution in [0.1, 0.15) is 17.3 Å². The molecule has 0 spiro atoms. The minimum atomic E-state index is -0.444. The fourth-order valence-electron chi connectivity index (χ4n) is 1.80. The Hall–Kier alpha value is -2.14. The molecule has 0 aliphatic heterocycles. The van der Waals surface area contributed by atoms with E-state index in [1.807, 2.05) is 30.5 Å². The second kappa shape index (κ2) is 7.04. The van der Waals surface area contributed by atoms with Crippen molar-refractivity contribution in [3.05, 3.63) is 48.0 Å². The molecular formula is C16H17NO3S. The number of hydrogen-bond donors (Lipinski definition) is 1. The Morgan fingerprint density at radius 3 is 2.52 bits per heavy atom. The number of ether oxygens (including phenoxy) is 2. The number of hydrogen-bond acceptors (Lipinski definition) is 5. The van der Waals surface area contributed by atoms with E-state index in [4.69, 9.17) is 15.2 Å². The molecule has 2 rings (SSSR count). The largest absolute Gasteiger partial charge is 0.462 e. The quantitative estimate of drug-likeness (QED) is 0.514. The first-order valence-electron chi connectivity index (χ1n) is 6.53. The highest BCUT2D eigenvalue weighted by atomic mass is 32.2. The maximum Gasteiger partial charge on any atom is 0.342 e. The van der Waals surface area contributed by atoms with Crippen molar-refractivity contribution < 1.29 is 14.3 Å². The number of thioether (sulfide) groups is 1. The Morgan fingerprint density at radius 2 is 1.90 bits per heavy atom. The molecule has 110 valence electrons. The summed E-state index contributed by atoms with van der Waals surface area (Å²) in [6.45, 7) is 2.06. The minimum absolute atomic E-state index is 0.301. The van der Waals surface area contributed by atoms with Crippen molar-refractivity contribution in [3.63, 3.8) is 0 Å². The number of nitrogen functional groups attached to an aromatic ring is 1. The van der Waals surface area contributed by atoms with Gasteiger partial charge in [-0.1, -0.05) is 6.07 Å². The molecule has 2 N–H and O–H groups in total. The summed E-state index contributed by atoms with van der Waals surface area (Å²) in [5.74, 6) is 0.504. The number of carbonyl (C=O) groups is 1. The molecule has 21 heavy (non-hydrogen) atoms. The van der Waals surface area contributed by atoms with E-state index in [1.54, 1.807) is 36.9 Å². The molecule has 0 saturated heterocycles. The van der Waals surface area contributed by atoms with Crippen molar-refractivity contribution in [2.45, 2.75) is 11.8 Å². The number of para-hydroxylation sites is 1. The average Bonchev–Trinajstić information content (AvgIpc) is 2.50. The molecule has 4 nitrogen and oxygen atoms in total. The van der Waals surface area contributed by atoms with Crippen LogP contribution in [0, 0.1) is 0 Å². The van der Waals surface area contributed by atoms with Gasteiger partial charge in [0.2, 0.25) is 0 Å². The normalized spacial score (nSPS) is 10.2. The predicted molar refractivity (Wildman–Crippen MR) is 85.1 cm³/mol. The zero-order chi connectivity index (χ0) is 15.2. The third kappa shape index (κ3) is 3.70. The molecule has 0 unspecified atom stereocenters. The zero-order valence-corrected chi connectivity index (χ0v) is 12.8. The molecular weight excluding hydrogens is 286 g/mol. The number of esters is 1. The zero-order valence-electron chi connectivity index (χ0n) is 12.0. The van der Waals surface area contributed by atoms with Crippen LogP contribution in [0.15, 0.2) is 47.4 Å². The average molecular weight is 303 g/mol. The second-order valence-electron chi connectivity index (χ2n) is 4.22. The van der Waals surface area contributed by atoms with E-state index >= 15 is 0 Å². The van der Waals surface area contributed by atoms with Crippen LogP contribution in [-0.4, -0.2) is 18.8 Å². The number of nitrogens with two attached hydrogens (primary N) is 1. The first-order valence-corrected chi connectivity index (χ1v) is 7.75. The smallest absolute Gasteiger partial charge is 0.342 e. The van der Waals surface area contributed by atoms with Gasteiger partial charge in [-0.05, 0) is 49.6 Å². The molecule has 0 radical (unpaired) electrons. The lowest BCUT2D eigenvalue weighted by Gasteiger charge is -2.13. The highest BCUT2D eigenvalue weighted by Crippen LogP contribution is 2.32. The number of carbonyl (C=O) groups excluding carboxylic acids is 1. The summed E-state index contributed by atoms with van der Waals surface area (Å²) in [7, 11) is 0. The van der Waals surface area contributed by atoms with Gasteiger partial charge in [0, 0.05) is 4.90 Å². The van der Waals surface area contributed by atoms with E-state index in [0.717, 1.165) is 4.90 Å². The molecule has 2 aromatic carbocycles. The molecule has 0 aliphatic rings. The van der Waals surface area contributed by atoms with Crippen molar-refractivity contribution in [2.24, 2.45) is 0 Å². The first-order chi connectivity index (χ1) is 10.2. The monoisotopic (exact) mass is 303 g/mol. The summed E-state index contributed by atoms with van der Waals surface area (Å²) in [4.78, 5) is 13.1. The molecule has 0 aliphatic carbocycles. The van der Waals surface area contributed by atoms with Crippen LogP contribution in [0.25, 0.3) is 0 Å². The van der Waals surface area contributed by atoms with Gasteiger partial charge in [0.05, 0.1) is 12.3 Å². The molecule has 2 aromatic rings. The maximum atomic E-state index is 11.9. The second-order valence-corrected chi connectivity index (χ2v) is 5.10. The van der Waals surface area contributed by atoms with Crippen LogP contribution in [0.5, 0.6) is 11.5 Å². The highest BCUT2D eigenvalue weighted by molar-refractivity contribution is 7.98. The summed E-state index contributed by atoms with van der Waals surface area (Å²) in [5.41, 5.74) is 6.64. The molecule has 5 heteroatoms. The lowest BCUT2D eigenvalue weighted by atomic mass is 10.1. The Kier molecular flexibility index (Phi) is 5.11. The Labute approximate surface area is 128 Å². The predicted octanol–water partition coefficient (Wildman–Crippen LogP) is 3.96. The Morgan fingerprint density at radius 1 is 1.19 bits per heavy atom. The van der Waals surface area contributed by atoms with Gasteiger partial charge in [0.15, 0.2) is 5.75 Å². The molecule has 0 aromatic heterocycles. The lowest BCUT2D eigenvalue weighted by Crippen LogP contribution is -2.07. The van der Waals surface area contributed by atoms with Gasteiger partial charge < -0.3 is 15.2 Å². The molecule has 0 atom stereocenters. The Balaban J connectivity index is 2.31. The molecule has 0 amide bonds. The van der Waals surface area contributed by atoms with Crippen molar-refractivity contribution in [2.75, 3.05) is 18.6 Å². The molecule has 0 heterocycles. The van der Waals surface area contributed by atoms with Gasteiger partial charge in [-0.2, -0.15) is 0 Å². The van der Waals surface area contributed by atoms with E-state index in [2.05, 4.69) is 0 Å². The van der Waals surface area contributed by atoms with Gasteiger partial charge >= 0.3 is 5.97 Å². The highest BCUT2D eigenvalue weighted by Gasteiger charge is 2.16. The summed E-state index contributed by atoms with van der Waals surface area (Å²) >= 11 is 1.65. The van der Waals surface area contributed by atoms with E-state index in [-0.39, 0.29) is 0 Å². The van der Waals surface area contributed by atoms with E-state index in [9.17, 15) is 4.79 Å². The molecule has 0 saturated carbocycles. The number of rotatable bonds is 5. The van der Waals surface area contributed by atoms with Crippen molar-refractivity contribution in [1.29, 1.82) is 0 Å². The summed E-state index contributed by atoms with van der Waals surface area (Å²) in [6, 6.07) is 12.6. The van der Waals surface area contributed by atoms with Crippen molar-refractivity contribution in [1.82, 2.24) is 0 Å². The fourth-order valence-corrected chi connectivity index (χ4v) is 2.21. The van der Waals surface area contributed by atoms with Gasteiger partial charge in [0.25, 0.3) is 0 Å². The van der Waals surface area contributed by atoms with Gasteiger partial charge in [-0.15, -0.1) is 11.8 Å². The van der Waals surface area contributed by atoms with E-state index in [0.29, 0.717) is 29.4 Å². The van der Waals surface area contributed by atoms with Crippen LogP contribution in [0.4, 0.5) is 5.69 Å². The van der Waals surface area contributed by atoms with Crippen LogP contribution in [0.3, 0.4) is 0 Å². The van der Waals surface area contributed by atoms with Crippen molar-refractivity contribution >= 4 is 23.4 Å². The van der Waals surface area contributed by atoms with Crippen LogP contribution in [0.2, 0.25) is 0 Å². The lowest BCUT2D eigenvalue weighted by molar-refractivity contribution is 0.0523. The van der Waals surface area contributed by atoms with Crippen LogP contribution >= 0.6 is 11.8 Å².